The van der Waals surface area contributed by atoms with Gasteiger partial charge in [-0.1, -0.05) is 0 Å². The first-order chi connectivity index (χ1) is 10.5. The standard InChI is InChI=1S/C14H20N6O2/c1-20(2)19-14-12(15)13(16-8-17-14)18-10-6-5-9(21-3)7-11(10)22-4/h5-8H,15H2,1-4H3,(H2,16,17,18,19). The van der Waals surface area contributed by atoms with E-state index in [0.717, 1.165) is 5.69 Å². The minimum Gasteiger partial charge on any atom is -0.497 e. The zero-order chi connectivity index (χ0) is 16.1. The van der Waals surface area contributed by atoms with E-state index < -0.39 is 0 Å². The first-order valence-corrected chi connectivity index (χ1v) is 6.58. The fourth-order valence-electron chi connectivity index (χ4n) is 1.83. The molecule has 0 saturated carbocycles. The van der Waals surface area contributed by atoms with Gasteiger partial charge in [-0.3, -0.25) is 0 Å². The number of nitrogen functional groups attached to an aromatic ring is 1. The molecule has 0 radical (unpaired) electrons. The molecule has 2 aromatic rings. The zero-order valence-electron chi connectivity index (χ0n) is 13.0. The number of hydrogen-bond donors (Lipinski definition) is 3. The Balaban J connectivity index is 2.31. The van der Waals surface area contributed by atoms with Gasteiger partial charge in [-0.2, -0.15) is 0 Å². The van der Waals surface area contributed by atoms with Gasteiger partial charge in [0.2, 0.25) is 0 Å². The quantitative estimate of drug-likeness (QED) is 0.694. The van der Waals surface area contributed by atoms with E-state index in [-0.39, 0.29) is 0 Å². The van der Waals surface area contributed by atoms with Crippen molar-refractivity contribution < 1.29 is 9.47 Å². The second-order valence-corrected chi connectivity index (χ2v) is 4.68. The molecule has 2 rings (SSSR count). The topological polar surface area (TPSA) is 97.6 Å². The molecule has 0 fully saturated rings. The van der Waals surface area contributed by atoms with Crippen molar-refractivity contribution in [3.63, 3.8) is 0 Å². The number of nitrogens with one attached hydrogen (secondary N) is 2. The van der Waals surface area contributed by atoms with Crippen molar-refractivity contribution in [1.29, 1.82) is 0 Å². The summed E-state index contributed by atoms with van der Waals surface area (Å²) < 4.78 is 10.5. The van der Waals surface area contributed by atoms with Gasteiger partial charge in [0.25, 0.3) is 0 Å². The van der Waals surface area contributed by atoms with Gasteiger partial charge in [0, 0.05) is 20.2 Å². The smallest absolute Gasteiger partial charge is 0.169 e. The van der Waals surface area contributed by atoms with Crippen LogP contribution in [0.2, 0.25) is 0 Å². The highest BCUT2D eigenvalue weighted by atomic mass is 16.5. The number of benzene rings is 1. The molecule has 0 aliphatic rings. The summed E-state index contributed by atoms with van der Waals surface area (Å²) in [7, 11) is 6.88. The molecular formula is C14H20N6O2. The number of methoxy groups -OCH3 is 2. The summed E-state index contributed by atoms with van der Waals surface area (Å²) in [6.45, 7) is 0. The van der Waals surface area contributed by atoms with E-state index in [9.17, 15) is 0 Å². The van der Waals surface area contributed by atoms with Crippen LogP contribution in [0, 0.1) is 0 Å². The van der Waals surface area contributed by atoms with E-state index in [2.05, 4.69) is 20.7 Å². The average Bonchev–Trinajstić information content (AvgIpc) is 2.51. The highest BCUT2D eigenvalue weighted by Crippen LogP contribution is 2.33. The first-order valence-electron chi connectivity index (χ1n) is 6.58. The zero-order valence-corrected chi connectivity index (χ0v) is 13.0. The minimum absolute atomic E-state index is 0.411. The molecule has 0 bridgehead atoms. The third-order valence-electron chi connectivity index (χ3n) is 2.88. The van der Waals surface area contributed by atoms with Crippen molar-refractivity contribution in [3.05, 3.63) is 24.5 Å². The lowest BCUT2D eigenvalue weighted by Crippen LogP contribution is -2.21. The van der Waals surface area contributed by atoms with Crippen molar-refractivity contribution in [3.8, 4) is 11.5 Å². The van der Waals surface area contributed by atoms with Gasteiger partial charge < -0.3 is 25.9 Å². The molecule has 118 valence electrons. The van der Waals surface area contributed by atoms with E-state index in [4.69, 9.17) is 15.2 Å². The molecule has 4 N–H and O–H groups in total. The summed E-state index contributed by atoms with van der Waals surface area (Å²) in [5.74, 6) is 2.34. The van der Waals surface area contributed by atoms with Gasteiger partial charge in [-0.25, -0.2) is 15.0 Å². The van der Waals surface area contributed by atoms with E-state index >= 15 is 0 Å². The summed E-state index contributed by atoms with van der Waals surface area (Å²) in [4.78, 5) is 8.28. The molecule has 1 aromatic carbocycles. The largest absolute Gasteiger partial charge is 0.497 e. The summed E-state index contributed by atoms with van der Waals surface area (Å²) in [6.07, 6.45) is 1.43. The van der Waals surface area contributed by atoms with Crippen LogP contribution in [0.5, 0.6) is 11.5 Å². The molecule has 8 nitrogen and oxygen atoms in total. The van der Waals surface area contributed by atoms with E-state index in [1.165, 1.54) is 6.33 Å². The van der Waals surface area contributed by atoms with E-state index in [0.29, 0.717) is 28.8 Å². The molecule has 0 spiro atoms. The Morgan fingerprint density at radius 1 is 1.09 bits per heavy atom. The number of ether oxygens (including phenoxy) is 2. The van der Waals surface area contributed by atoms with Crippen molar-refractivity contribution in [1.82, 2.24) is 15.0 Å². The van der Waals surface area contributed by atoms with E-state index in [1.807, 2.05) is 26.2 Å². The van der Waals surface area contributed by atoms with Crippen molar-refractivity contribution in [2.75, 3.05) is 44.8 Å². The molecule has 0 amide bonds. The third kappa shape index (κ3) is 3.47. The van der Waals surface area contributed by atoms with E-state index in [1.54, 1.807) is 25.3 Å². The number of nitrogens with two attached hydrogens (primary N) is 1. The third-order valence-corrected chi connectivity index (χ3v) is 2.88. The number of hydrogen-bond acceptors (Lipinski definition) is 8. The van der Waals surface area contributed by atoms with Crippen LogP contribution in [0.25, 0.3) is 0 Å². The van der Waals surface area contributed by atoms with Crippen molar-refractivity contribution in [2.45, 2.75) is 0 Å². The molecule has 0 saturated heterocycles. The lowest BCUT2D eigenvalue weighted by molar-refractivity contribution is 0.395. The van der Waals surface area contributed by atoms with Crippen LogP contribution in [0.1, 0.15) is 0 Å². The maximum absolute atomic E-state index is 6.08. The lowest BCUT2D eigenvalue weighted by atomic mass is 10.2. The summed E-state index contributed by atoms with van der Waals surface area (Å²) >= 11 is 0. The highest BCUT2D eigenvalue weighted by Gasteiger charge is 2.11. The molecular weight excluding hydrogens is 284 g/mol. The number of hydrazine groups is 1. The van der Waals surface area contributed by atoms with Crippen LogP contribution in [0.3, 0.4) is 0 Å². The second kappa shape index (κ2) is 6.81. The number of aromatic nitrogens is 2. The maximum Gasteiger partial charge on any atom is 0.169 e. The first kappa shape index (κ1) is 15.6. The molecule has 0 atom stereocenters. The van der Waals surface area contributed by atoms with Crippen LogP contribution in [-0.2, 0) is 0 Å². The number of rotatable bonds is 6. The molecule has 0 unspecified atom stereocenters. The lowest BCUT2D eigenvalue weighted by Gasteiger charge is -2.17. The maximum atomic E-state index is 6.08. The molecule has 22 heavy (non-hydrogen) atoms. The Morgan fingerprint density at radius 2 is 1.82 bits per heavy atom. The van der Waals surface area contributed by atoms with Crippen LogP contribution in [-0.4, -0.2) is 43.3 Å². The molecule has 1 heterocycles. The predicted molar refractivity (Wildman–Crippen MR) is 86.6 cm³/mol. The average molecular weight is 304 g/mol. The van der Waals surface area contributed by atoms with Gasteiger partial charge >= 0.3 is 0 Å². The minimum atomic E-state index is 0.411. The van der Waals surface area contributed by atoms with Crippen molar-refractivity contribution in [2.24, 2.45) is 0 Å². The Kier molecular flexibility index (Phi) is 4.84. The van der Waals surface area contributed by atoms with Crippen LogP contribution in [0.4, 0.5) is 23.0 Å². The Bertz CT molecular complexity index is 647. The van der Waals surface area contributed by atoms with Crippen LogP contribution < -0.4 is 25.9 Å². The molecule has 0 aliphatic carbocycles. The Morgan fingerprint density at radius 3 is 2.45 bits per heavy atom. The van der Waals surface area contributed by atoms with Gasteiger partial charge in [-0.15, -0.1) is 0 Å². The molecule has 1 aromatic heterocycles. The highest BCUT2D eigenvalue weighted by molar-refractivity contribution is 5.79. The van der Waals surface area contributed by atoms with Crippen LogP contribution in [0.15, 0.2) is 24.5 Å². The van der Waals surface area contributed by atoms with Gasteiger partial charge in [0.15, 0.2) is 11.6 Å². The summed E-state index contributed by atoms with van der Waals surface area (Å²) in [5, 5.41) is 4.89. The SMILES string of the molecule is COc1ccc(Nc2ncnc(NN(C)C)c2N)c(OC)c1. The summed E-state index contributed by atoms with van der Waals surface area (Å²) in [6, 6.07) is 5.43. The number of anilines is 4. The van der Waals surface area contributed by atoms with Gasteiger partial charge in [0.1, 0.15) is 23.5 Å². The fraction of sp³-hybridized carbons (Fsp3) is 0.286. The van der Waals surface area contributed by atoms with Crippen molar-refractivity contribution >= 4 is 23.0 Å². The normalized spacial score (nSPS) is 10.4. The molecule has 8 heteroatoms. The Labute approximate surface area is 129 Å². The second-order valence-electron chi connectivity index (χ2n) is 4.68. The van der Waals surface area contributed by atoms with Crippen LogP contribution >= 0.6 is 0 Å². The van der Waals surface area contributed by atoms with Gasteiger partial charge in [0.05, 0.1) is 19.9 Å². The number of nitrogens with zero attached hydrogens (tertiary/aromatic N) is 3. The van der Waals surface area contributed by atoms with Gasteiger partial charge in [-0.05, 0) is 12.1 Å². The fourth-order valence-corrected chi connectivity index (χ4v) is 1.83. The Hall–Kier alpha value is -2.74. The molecule has 0 aliphatic heterocycles. The predicted octanol–water partition coefficient (Wildman–Crippen LogP) is 1.71. The summed E-state index contributed by atoms with van der Waals surface area (Å²) in [5.41, 5.74) is 10.2. The monoisotopic (exact) mass is 304 g/mol.